The average Bonchev–Trinajstić information content (AvgIpc) is 2.48. The predicted molar refractivity (Wildman–Crippen MR) is 94.1 cm³/mol. The highest BCUT2D eigenvalue weighted by Crippen LogP contribution is 2.22. The van der Waals surface area contributed by atoms with Gasteiger partial charge in [0, 0.05) is 12.0 Å². The fourth-order valence-corrected chi connectivity index (χ4v) is 2.60. The molecule has 0 spiro atoms. The third kappa shape index (κ3) is 7.10. The smallest absolute Gasteiger partial charge is 0.228 e. The zero-order valence-electron chi connectivity index (χ0n) is 15.6. The minimum Gasteiger partial charge on any atom is -0.346 e. The number of ketones is 2. The van der Waals surface area contributed by atoms with Gasteiger partial charge in [0.15, 0.2) is 11.6 Å². The van der Waals surface area contributed by atoms with Crippen LogP contribution in [0.25, 0.3) is 0 Å². The number of carbonyl (C=O) groups excluding carboxylic acids is 3. The fraction of sp³-hybridized carbons (Fsp3) is 0.737. The lowest BCUT2D eigenvalue weighted by Crippen LogP contribution is -2.47. The van der Waals surface area contributed by atoms with Crippen molar-refractivity contribution in [1.82, 2.24) is 5.32 Å². The summed E-state index contributed by atoms with van der Waals surface area (Å²) in [5, 5.41) is 2.85. The first-order valence-corrected chi connectivity index (χ1v) is 8.68. The lowest BCUT2D eigenvalue weighted by atomic mass is 9.86. The van der Waals surface area contributed by atoms with Crippen molar-refractivity contribution < 1.29 is 14.4 Å². The molecule has 0 heterocycles. The maximum atomic E-state index is 12.7. The Morgan fingerprint density at radius 2 is 1.65 bits per heavy atom. The van der Waals surface area contributed by atoms with Crippen molar-refractivity contribution in [2.45, 2.75) is 73.3 Å². The number of nitrogens with one attached hydrogen (secondary N) is 1. The molecule has 1 amide bonds. The second-order valence-electron chi connectivity index (χ2n) is 6.86. The SMILES string of the molecule is C=C(C(=O)CCC)[C@@H](CC(C)C)C(=O)NC(C(C)=O)[C@@H](C)CC. The Morgan fingerprint density at radius 3 is 2.04 bits per heavy atom. The van der Waals surface area contributed by atoms with E-state index in [0.717, 1.165) is 12.8 Å². The molecule has 0 aromatic carbocycles. The second-order valence-corrected chi connectivity index (χ2v) is 6.86. The van der Waals surface area contributed by atoms with Crippen molar-refractivity contribution in [3.8, 4) is 0 Å². The van der Waals surface area contributed by atoms with E-state index in [1.807, 2.05) is 34.6 Å². The summed E-state index contributed by atoms with van der Waals surface area (Å²) in [6.45, 7) is 15.2. The summed E-state index contributed by atoms with van der Waals surface area (Å²) in [7, 11) is 0. The van der Waals surface area contributed by atoms with Crippen molar-refractivity contribution in [3.63, 3.8) is 0 Å². The van der Waals surface area contributed by atoms with Gasteiger partial charge in [0.25, 0.3) is 0 Å². The molecule has 0 aliphatic rings. The monoisotopic (exact) mass is 323 g/mol. The third-order valence-corrected chi connectivity index (χ3v) is 4.23. The summed E-state index contributed by atoms with van der Waals surface area (Å²) in [6, 6.07) is -0.503. The molecule has 0 aliphatic carbocycles. The highest BCUT2D eigenvalue weighted by atomic mass is 16.2. The first kappa shape index (κ1) is 21.6. The summed E-state index contributed by atoms with van der Waals surface area (Å²) in [5.74, 6) is -0.599. The number of Topliss-reactive ketones (excluding diaryl/α,β-unsaturated/α-hetero) is 2. The van der Waals surface area contributed by atoms with Crippen molar-refractivity contribution in [2.75, 3.05) is 0 Å². The lowest BCUT2D eigenvalue weighted by molar-refractivity contribution is -0.131. The lowest BCUT2D eigenvalue weighted by Gasteiger charge is -2.26. The molecular weight excluding hydrogens is 290 g/mol. The maximum Gasteiger partial charge on any atom is 0.228 e. The standard InChI is InChI=1S/C19H33NO3/c1-8-10-17(22)14(6)16(11-12(3)4)19(23)20-18(15(7)21)13(5)9-2/h12-13,16,18H,6,8-11H2,1-5,7H3,(H,20,23)/t13-,16+,18?/m0/s1. The van der Waals surface area contributed by atoms with Crippen molar-refractivity contribution >= 4 is 17.5 Å². The molecule has 4 nitrogen and oxygen atoms in total. The van der Waals surface area contributed by atoms with Crippen LogP contribution in [0.1, 0.15) is 67.2 Å². The Bertz CT molecular complexity index is 440. The van der Waals surface area contributed by atoms with Crippen LogP contribution in [0, 0.1) is 17.8 Å². The number of rotatable bonds is 11. The Hall–Kier alpha value is -1.45. The van der Waals surface area contributed by atoms with Crippen LogP contribution in [0.15, 0.2) is 12.2 Å². The van der Waals surface area contributed by atoms with Gasteiger partial charge in [0.2, 0.25) is 5.91 Å². The molecule has 0 aliphatic heterocycles. The van der Waals surface area contributed by atoms with Gasteiger partial charge in [0.05, 0.1) is 12.0 Å². The van der Waals surface area contributed by atoms with Crippen LogP contribution < -0.4 is 5.32 Å². The highest BCUT2D eigenvalue weighted by Gasteiger charge is 2.30. The summed E-state index contributed by atoms with van der Waals surface area (Å²) in [5.41, 5.74) is 0.365. The normalized spacial score (nSPS) is 14.9. The van der Waals surface area contributed by atoms with Gasteiger partial charge in [-0.2, -0.15) is 0 Å². The molecular formula is C19H33NO3. The fourth-order valence-electron chi connectivity index (χ4n) is 2.60. The molecule has 4 heteroatoms. The molecule has 1 unspecified atom stereocenters. The van der Waals surface area contributed by atoms with Crippen LogP contribution in [0.5, 0.6) is 0 Å². The first-order valence-electron chi connectivity index (χ1n) is 8.68. The quantitative estimate of drug-likeness (QED) is 0.590. The number of amides is 1. The third-order valence-electron chi connectivity index (χ3n) is 4.23. The van der Waals surface area contributed by atoms with E-state index >= 15 is 0 Å². The van der Waals surface area contributed by atoms with Crippen molar-refractivity contribution in [2.24, 2.45) is 17.8 Å². The van der Waals surface area contributed by atoms with E-state index in [1.165, 1.54) is 6.92 Å². The van der Waals surface area contributed by atoms with Gasteiger partial charge < -0.3 is 5.32 Å². The van der Waals surface area contributed by atoms with E-state index < -0.39 is 12.0 Å². The van der Waals surface area contributed by atoms with Crippen LogP contribution in [-0.4, -0.2) is 23.5 Å². The number of hydrogen-bond acceptors (Lipinski definition) is 3. The Balaban J connectivity index is 5.23. The number of carbonyl (C=O) groups is 3. The molecule has 0 aromatic heterocycles. The van der Waals surface area contributed by atoms with Crippen LogP contribution in [0.3, 0.4) is 0 Å². The van der Waals surface area contributed by atoms with Crippen molar-refractivity contribution in [3.05, 3.63) is 12.2 Å². The minimum absolute atomic E-state index is 0.0542. The zero-order valence-corrected chi connectivity index (χ0v) is 15.6. The van der Waals surface area contributed by atoms with Gasteiger partial charge in [-0.15, -0.1) is 0 Å². The Kier molecular flexibility index (Phi) is 9.70. The van der Waals surface area contributed by atoms with Gasteiger partial charge in [-0.1, -0.05) is 47.6 Å². The Labute approximate surface area is 141 Å². The van der Waals surface area contributed by atoms with Crippen LogP contribution in [0.4, 0.5) is 0 Å². The van der Waals surface area contributed by atoms with Crippen LogP contribution >= 0.6 is 0 Å². The van der Waals surface area contributed by atoms with E-state index in [9.17, 15) is 14.4 Å². The van der Waals surface area contributed by atoms with Crippen molar-refractivity contribution in [1.29, 1.82) is 0 Å². The van der Waals surface area contributed by atoms with Gasteiger partial charge in [-0.05, 0) is 31.6 Å². The summed E-state index contributed by atoms with van der Waals surface area (Å²) < 4.78 is 0. The van der Waals surface area contributed by atoms with Crippen LogP contribution in [0.2, 0.25) is 0 Å². The van der Waals surface area contributed by atoms with E-state index in [2.05, 4.69) is 11.9 Å². The summed E-state index contributed by atoms with van der Waals surface area (Å²) >= 11 is 0. The molecule has 0 radical (unpaired) electrons. The molecule has 3 atom stereocenters. The van der Waals surface area contributed by atoms with E-state index in [1.54, 1.807) is 0 Å². The highest BCUT2D eigenvalue weighted by molar-refractivity contribution is 6.01. The van der Waals surface area contributed by atoms with Crippen LogP contribution in [-0.2, 0) is 14.4 Å². The molecule has 0 saturated carbocycles. The molecule has 0 rings (SSSR count). The topological polar surface area (TPSA) is 63.2 Å². The molecule has 1 N–H and O–H groups in total. The zero-order chi connectivity index (χ0) is 18.2. The predicted octanol–water partition coefficient (Wildman–Crippen LogP) is 3.69. The summed E-state index contributed by atoms with van der Waals surface area (Å²) in [4.78, 5) is 36.6. The Morgan fingerprint density at radius 1 is 1.09 bits per heavy atom. The van der Waals surface area contributed by atoms with Gasteiger partial charge in [0.1, 0.15) is 0 Å². The van der Waals surface area contributed by atoms with E-state index in [4.69, 9.17) is 0 Å². The molecule has 0 bridgehead atoms. The molecule has 132 valence electrons. The van der Waals surface area contributed by atoms with E-state index in [0.29, 0.717) is 18.4 Å². The maximum absolute atomic E-state index is 12.7. The average molecular weight is 323 g/mol. The van der Waals surface area contributed by atoms with Gasteiger partial charge in [-0.3, -0.25) is 14.4 Å². The van der Waals surface area contributed by atoms with Gasteiger partial charge >= 0.3 is 0 Å². The second kappa shape index (κ2) is 10.3. The van der Waals surface area contributed by atoms with Gasteiger partial charge in [-0.25, -0.2) is 0 Å². The number of hydrogen-bond donors (Lipinski definition) is 1. The first-order chi connectivity index (χ1) is 10.6. The van der Waals surface area contributed by atoms with E-state index in [-0.39, 0.29) is 29.3 Å². The largest absolute Gasteiger partial charge is 0.346 e. The summed E-state index contributed by atoms with van der Waals surface area (Å²) in [6.07, 6.45) is 2.50. The molecule has 0 fully saturated rings. The minimum atomic E-state index is -0.556. The molecule has 0 aromatic rings. The molecule has 23 heavy (non-hydrogen) atoms. The molecule has 0 saturated heterocycles.